The number of aromatic nitrogens is 1. The lowest BCUT2D eigenvalue weighted by atomic mass is 9.94. The van der Waals surface area contributed by atoms with Gasteiger partial charge in [0.25, 0.3) is 0 Å². The fourth-order valence-electron chi connectivity index (χ4n) is 2.05. The molecule has 0 spiro atoms. The van der Waals surface area contributed by atoms with Crippen LogP contribution in [0.2, 0.25) is 0 Å². The third-order valence-corrected chi connectivity index (χ3v) is 3.83. The molecule has 0 bridgehead atoms. The summed E-state index contributed by atoms with van der Waals surface area (Å²) in [7, 11) is 0. The molecule has 0 radical (unpaired) electrons. The minimum absolute atomic E-state index is 0. The molecule has 0 saturated heterocycles. The number of carbonyl (C=O) groups excluding carboxylic acids is 1. The summed E-state index contributed by atoms with van der Waals surface area (Å²) in [6.45, 7) is 4.54. The molecule has 0 fully saturated rings. The molecule has 0 atom stereocenters. The number of carbonyl (C=O) groups is 1. The Morgan fingerprint density at radius 3 is 2.67 bits per heavy atom. The first-order chi connectivity index (χ1) is 9.58. The molecule has 116 valence electrons. The SMILES string of the molecule is CCC(N)(CC)CNC(=O)Cc1noc2ccccc12.Cl. The van der Waals surface area contributed by atoms with Gasteiger partial charge in [-0.1, -0.05) is 31.1 Å². The van der Waals surface area contributed by atoms with Crippen LogP contribution in [0.4, 0.5) is 0 Å². The lowest BCUT2D eigenvalue weighted by molar-refractivity contribution is -0.120. The maximum absolute atomic E-state index is 12.0. The van der Waals surface area contributed by atoms with E-state index < -0.39 is 0 Å². The van der Waals surface area contributed by atoms with E-state index in [-0.39, 0.29) is 30.3 Å². The highest BCUT2D eigenvalue weighted by molar-refractivity contribution is 5.86. The summed E-state index contributed by atoms with van der Waals surface area (Å²) in [6, 6.07) is 7.52. The van der Waals surface area contributed by atoms with Crippen molar-refractivity contribution in [3.63, 3.8) is 0 Å². The number of hydrogen-bond donors (Lipinski definition) is 2. The second-order valence-corrected chi connectivity index (χ2v) is 5.15. The quantitative estimate of drug-likeness (QED) is 0.858. The average Bonchev–Trinajstić information content (AvgIpc) is 2.88. The number of benzene rings is 1. The van der Waals surface area contributed by atoms with Crippen LogP contribution in [0.15, 0.2) is 28.8 Å². The fourth-order valence-corrected chi connectivity index (χ4v) is 2.05. The van der Waals surface area contributed by atoms with Crippen LogP contribution in [0.5, 0.6) is 0 Å². The van der Waals surface area contributed by atoms with E-state index in [1.165, 1.54) is 0 Å². The second-order valence-electron chi connectivity index (χ2n) is 5.15. The van der Waals surface area contributed by atoms with Crippen LogP contribution in [-0.2, 0) is 11.2 Å². The molecule has 0 saturated carbocycles. The topological polar surface area (TPSA) is 81.1 Å². The van der Waals surface area contributed by atoms with Gasteiger partial charge in [0.1, 0.15) is 5.69 Å². The second kappa shape index (κ2) is 7.43. The van der Waals surface area contributed by atoms with Crippen LogP contribution in [0, 0.1) is 0 Å². The molecule has 1 aromatic heterocycles. The molecule has 0 unspecified atom stereocenters. The molecule has 5 nitrogen and oxygen atoms in total. The summed E-state index contributed by atoms with van der Waals surface area (Å²) in [5.41, 5.74) is 7.19. The van der Waals surface area contributed by atoms with E-state index >= 15 is 0 Å². The third kappa shape index (κ3) is 4.19. The molecule has 0 aliphatic carbocycles. The molecular formula is C15H22ClN3O2. The van der Waals surface area contributed by atoms with Crippen molar-refractivity contribution in [3.8, 4) is 0 Å². The maximum Gasteiger partial charge on any atom is 0.226 e. The molecule has 0 aliphatic heterocycles. The third-order valence-electron chi connectivity index (χ3n) is 3.83. The Labute approximate surface area is 130 Å². The van der Waals surface area contributed by atoms with Gasteiger partial charge in [-0.15, -0.1) is 12.4 Å². The number of nitrogens with zero attached hydrogens (tertiary/aromatic N) is 1. The smallest absolute Gasteiger partial charge is 0.226 e. The Hall–Kier alpha value is -1.59. The van der Waals surface area contributed by atoms with Gasteiger partial charge in [-0.3, -0.25) is 4.79 Å². The Kier molecular flexibility index (Phi) is 6.18. The Bertz CT molecular complexity index is 593. The van der Waals surface area contributed by atoms with Crippen LogP contribution in [-0.4, -0.2) is 23.1 Å². The number of nitrogens with one attached hydrogen (secondary N) is 1. The highest BCUT2D eigenvalue weighted by Gasteiger charge is 2.21. The predicted molar refractivity (Wildman–Crippen MR) is 85.5 cm³/mol. The molecule has 2 rings (SSSR count). The van der Waals surface area contributed by atoms with Gasteiger partial charge in [0.2, 0.25) is 5.91 Å². The first kappa shape index (κ1) is 17.5. The van der Waals surface area contributed by atoms with Crippen molar-refractivity contribution in [3.05, 3.63) is 30.0 Å². The van der Waals surface area contributed by atoms with E-state index in [0.717, 1.165) is 18.2 Å². The lowest BCUT2D eigenvalue weighted by Crippen LogP contribution is -2.49. The van der Waals surface area contributed by atoms with Gasteiger partial charge in [0.05, 0.1) is 6.42 Å². The number of nitrogens with two attached hydrogens (primary N) is 1. The normalized spacial score (nSPS) is 11.2. The molecule has 3 N–H and O–H groups in total. The van der Waals surface area contributed by atoms with Crippen molar-refractivity contribution >= 4 is 29.3 Å². The zero-order valence-corrected chi connectivity index (χ0v) is 13.2. The van der Waals surface area contributed by atoms with Gasteiger partial charge < -0.3 is 15.6 Å². The molecule has 1 heterocycles. The number of fused-ring (bicyclic) bond motifs is 1. The van der Waals surface area contributed by atoms with Crippen molar-refractivity contribution in [2.75, 3.05) is 6.54 Å². The van der Waals surface area contributed by atoms with Crippen LogP contribution < -0.4 is 11.1 Å². The van der Waals surface area contributed by atoms with Gasteiger partial charge >= 0.3 is 0 Å². The number of amides is 1. The minimum atomic E-state index is -0.332. The Morgan fingerprint density at radius 2 is 2.00 bits per heavy atom. The molecule has 1 aromatic carbocycles. The lowest BCUT2D eigenvalue weighted by Gasteiger charge is -2.26. The molecule has 1 amide bonds. The summed E-state index contributed by atoms with van der Waals surface area (Å²) in [5.74, 6) is -0.0826. The Morgan fingerprint density at radius 1 is 1.33 bits per heavy atom. The molecule has 21 heavy (non-hydrogen) atoms. The highest BCUT2D eigenvalue weighted by atomic mass is 35.5. The first-order valence-electron chi connectivity index (χ1n) is 6.97. The summed E-state index contributed by atoms with van der Waals surface area (Å²) < 4.78 is 5.18. The number of hydrogen-bond acceptors (Lipinski definition) is 4. The van der Waals surface area contributed by atoms with Crippen molar-refractivity contribution in [1.82, 2.24) is 10.5 Å². The van der Waals surface area contributed by atoms with Gasteiger partial charge in [-0.25, -0.2) is 0 Å². The van der Waals surface area contributed by atoms with E-state index in [2.05, 4.69) is 10.5 Å². The van der Waals surface area contributed by atoms with Crippen LogP contribution in [0.25, 0.3) is 11.0 Å². The van der Waals surface area contributed by atoms with Crippen LogP contribution in [0.3, 0.4) is 0 Å². The largest absolute Gasteiger partial charge is 0.356 e. The summed E-state index contributed by atoms with van der Waals surface area (Å²) in [5, 5.41) is 7.72. The van der Waals surface area contributed by atoms with E-state index in [1.54, 1.807) is 0 Å². The van der Waals surface area contributed by atoms with E-state index in [4.69, 9.17) is 10.3 Å². The fraction of sp³-hybridized carbons (Fsp3) is 0.467. The van der Waals surface area contributed by atoms with Crippen LogP contribution in [0.1, 0.15) is 32.4 Å². The van der Waals surface area contributed by atoms with E-state index in [0.29, 0.717) is 17.8 Å². The van der Waals surface area contributed by atoms with E-state index in [1.807, 2.05) is 38.1 Å². The zero-order chi connectivity index (χ0) is 14.6. The van der Waals surface area contributed by atoms with Gasteiger partial charge in [-0.05, 0) is 25.0 Å². The van der Waals surface area contributed by atoms with Crippen molar-refractivity contribution in [2.24, 2.45) is 5.73 Å². The summed E-state index contributed by atoms with van der Waals surface area (Å²) in [4.78, 5) is 12.0. The molecule has 0 aliphatic rings. The maximum atomic E-state index is 12.0. The van der Waals surface area contributed by atoms with Gasteiger partial charge in [0, 0.05) is 17.5 Å². The number of para-hydroxylation sites is 1. The predicted octanol–water partition coefficient (Wildman–Crippen LogP) is 2.43. The summed E-state index contributed by atoms with van der Waals surface area (Å²) in [6.07, 6.45) is 1.87. The van der Waals surface area contributed by atoms with Crippen molar-refractivity contribution in [2.45, 2.75) is 38.6 Å². The molecule has 6 heteroatoms. The van der Waals surface area contributed by atoms with Gasteiger partial charge in [-0.2, -0.15) is 0 Å². The average molecular weight is 312 g/mol. The molecular weight excluding hydrogens is 290 g/mol. The first-order valence-corrected chi connectivity index (χ1v) is 6.97. The minimum Gasteiger partial charge on any atom is -0.356 e. The van der Waals surface area contributed by atoms with Gasteiger partial charge in [0.15, 0.2) is 5.58 Å². The Balaban J connectivity index is 0.00000220. The van der Waals surface area contributed by atoms with Crippen LogP contribution >= 0.6 is 12.4 Å². The van der Waals surface area contributed by atoms with E-state index in [9.17, 15) is 4.79 Å². The monoisotopic (exact) mass is 311 g/mol. The summed E-state index contributed by atoms with van der Waals surface area (Å²) >= 11 is 0. The van der Waals surface area contributed by atoms with Crippen molar-refractivity contribution in [1.29, 1.82) is 0 Å². The standard InChI is InChI=1S/C15H21N3O2.ClH/c1-3-15(16,4-2)10-17-14(19)9-12-11-7-5-6-8-13(11)20-18-12;/h5-8H,3-4,9-10,16H2,1-2H3,(H,17,19);1H. The number of halogens is 1. The highest BCUT2D eigenvalue weighted by Crippen LogP contribution is 2.18. The zero-order valence-electron chi connectivity index (χ0n) is 12.4. The number of rotatable bonds is 6. The van der Waals surface area contributed by atoms with Crippen molar-refractivity contribution < 1.29 is 9.32 Å². The molecule has 2 aromatic rings.